The molecule has 3 rings (SSSR count). The van der Waals surface area contributed by atoms with Crippen LogP contribution in [0.4, 0.5) is 28.9 Å². The summed E-state index contributed by atoms with van der Waals surface area (Å²) in [5.41, 5.74) is 0.874. The number of anilines is 2. The summed E-state index contributed by atoms with van der Waals surface area (Å²) in [5, 5.41) is 2.47. The van der Waals surface area contributed by atoms with Crippen LogP contribution in [-0.4, -0.2) is 49.9 Å². The molecule has 9 heteroatoms. The zero-order chi connectivity index (χ0) is 20.1. The van der Waals surface area contributed by atoms with Gasteiger partial charge in [0, 0.05) is 31.9 Å². The smallest absolute Gasteiger partial charge is 0.404 e. The van der Waals surface area contributed by atoms with Crippen molar-refractivity contribution in [3.8, 4) is 5.75 Å². The van der Waals surface area contributed by atoms with E-state index < -0.39 is 18.0 Å². The highest BCUT2D eigenvalue weighted by Gasteiger charge is 2.32. The van der Waals surface area contributed by atoms with Crippen molar-refractivity contribution in [1.29, 1.82) is 0 Å². The fourth-order valence-electron chi connectivity index (χ4n) is 2.99. The lowest BCUT2D eigenvalue weighted by atomic mass is 10.2. The minimum atomic E-state index is -4.84. The first-order valence-electron chi connectivity index (χ1n) is 8.68. The molecule has 2 aromatic carbocycles. The van der Waals surface area contributed by atoms with Gasteiger partial charge in [0.1, 0.15) is 5.82 Å². The van der Waals surface area contributed by atoms with E-state index in [0.29, 0.717) is 26.2 Å². The van der Waals surface area contributed by atoms with E-state index in [1.165, 1.54) is 30.3 Å². The maximum Gasteiger partial charge on any atom is 0.573 e. The van der Waals surface area contributed by atoms with Gasteiger partial charge < -0.3 is 15.0 Å². The van der Waals surface area contributed by atoms with Crippen LogP contribution in [0.15, 0.2) is 48.5 Å². The van der Waals surface area contributed by atoms with Gasteiger partial charge in [-0.05, 0) is 36.4 Å². The maximum absolute atomic E-state index is 13.0. The van der Waals surface area contributed by atoms with Gasteiger partial charge in [-0.15, -0.1) is 13.2 Å². The summed E-state index contributed by atoms with van der Waals surface area (Å²) in [6.07, 6.45) is -4.84. The summed E-state index contributed by atoms with van der Waals surface area (Å²) in [6.45, 7) is 2.58. The molecule has 1 fully saturated rings. The summed E-state index contributed by atoms with van der Waals surface area (Å²) in [4.78, 5) is 16.2. The van der Waals surface area contributed by atoms with Crippen LogP contribution in [0.3, 0.4) is 0 Å². The summed E-state index contributed by atoms with van der Waals surface area (Å²) in [7, 11) is 0. The van der Waals surface area contributed by atoms with E-state index in [1.807, 2.05) is 4.90 Å². The lowest BCUT2D eigenvalue weighted by molar-refractivity contribution is -0.274. The van der Waals surface area contributed by atoms with Crippen molar-refractivity contribution in [3.05, 3.63) is 54.3 Å². The van der Waals surface area contributed by atoms with E-state index in [-0.39, 0.29) is 18.0 Å². The highest BCUT2D eigenvalue weighted by Crippen LogP contribution is 2.29. The molecule has 1 saturated heterocycles. The standard InChI is InChI=1S/C19H19F4N3O2/c20-14-5-7-15(8-6-14)26-11-9-25(10-12-26)13-18(27)24-16-3-1-2-4-17(16)28-19(21,22)23/h1-8H,9-13H2,(H,24,27). The number of rotatable bonds is 5. The van der Waals surface area contributed by atoms with Crippen LogP contribution in [0.25, 0.3) is 0 Å². The zero-order valence-electron chi connectivity index (χ0n) is 14.9. The monoisotopic (exact) mass is 397 g/mol. The number of carbonyl (C=O) groups excluding carboxylic acids is 1. The molecule has 1 N–H and O–H groups in total. The van der Waals surface area contributed by atoms with Gasteiger partial charge in [-0.2, -0.15) is 0 Å². The molecular weight excluding hydrogens is 378 g/mol. The molecular formula is C19H19F4N3O2. The second kappa shape index (κ2) is 8.47. The Balaban J connectivity index is 1.52. The molecule has 0 aromatic heterocycles. The normalized spacial score (nSPS) is 15.4. The molecule has 28 heavy (non-hydrogen) atoms. The number of piperazine rings is 1. The largest absolute Gasteiger partial charge is 0.573 e. The van der Waals surface area contributed by atoms with Gasteiger partial charge in [-0.3, -0.25) is 9.69 Å². The average molecular weight is 397 g/mol. The molecule has 0 aliphatic carbocycles. The van der Waals surface area contributed by atoms with E-state index in [0.717, 1.165) is 11.8 Å². The summed E-state index contributed by atoms with van der Waals surface area (Å²) < 4.78 is 54.3. The fraction of sp³-hybridized carbons (Fsp3) is 0.316. The highest BCUT2D eigenvalue weighted by atomic mass is 19.4. The van der Waals surface area contributed by atoms with Crippen molar-refractivity contribution in [2.24, 2.45) is 0 Å². The SMILES string of the molecule is O=C(CN1CCN(c2ccc(F)cc2)CC1)Nc1ccccc1OC(F)(F)F. The van der Waals surface area contributed by atoms with Crippen LogP contribution < -0.4 is 15.0 Å². The van der Waals surface area contributed by atoms with Gasteiger partial charge in [0.2, 0.25) is 5.91 Å². The van der Waals surface area contributed by atoms with Gasteiger partial charge in [0.05, 0.1) is 12.2 Å². The minimum absolute atomic E-state index is 0.0326. The third-order valence-electron chi connectivity index (χ3n) is 4.32. The summed E-state index contributed by atoms with van der Waals surface area (Å²) in [5.74, 6) is -1.17. The van der Waals surface area contributed by atoms with Crippen molar-refractivity contribution in [2.75, 3.05) is 42.9 Å². The van der Waals surface area contributed by atoms with Crippen molar-refractivity contribution in [2.45, 2.75) is 6.36 Å². The van der Waals surface area contributed by atoms with E-state index in [4.69, 9.17) is 0 Å². The van der Waals surface area contributed by atoms with E-state index >= 15 is 0 Å². The Morgan fingerprint density at radius 3 is 2.29 bits per heavy atom. The van der Waals surface area contributed by atoms with Crippen LogP contribution in [-0.2, 0) is 4.79 Å². The molecule has 2 aromatic rings. The molecule has 0 spiro atoms. The molecule has 0 saturated carbocycles. The molecule has 0 bridgehead atoms. The third-order valence-corrected chi connectivity index (χ3v) is 4.32. The van der Waals surface area contributed by atoms with Crippen LogP contribution in [0.2, 0.25) is 0 Å². The lowest BCUT2D eigenvalue weighted by Crippen LogP contribution is -2.48. The predicted molar refractivity (Wildman–Crippen MR) is 96.8 cm³/mol. The molecule has 0 radical (unpaired) electrons. The third kappa shape index (κ3) is 5.59. The van der Waals surface area contributed by atoms with Crippen LogP contribution >= 0.6 is 0 Å². The quantitative estimate of drug-likeness (QED) is 0.785. The molecule has 0 unspecified atom stereocenters. The van der Waals surface area contributed by atoms with Crippen molar-refractivity contribution < 1.29 is 27.1 Å². The molecule has 1 heterocycles. The molecule has 5 nitrogen and oxygen atoms in total. The Morgan fingerprint density at radius 1 is 1.00 bits per heavy atom. The number of alkyl halides is 3. The van der Waals surface area contributed by atoms with Crippen molar-refractivity contribution >= 4 is 17.3 Å². The molecule has 1 amide bonds. The number of hydrogen-bond acceptors (Lipinski definition) is 4. The summed E-state index contributed by atoms with van der Waals surface area (Å²) in [6, 6.07) is 11.6. The van der Waals surface area contributed by atoms with Crippen LogP contribution in [0.1, 0.15) is 0 Å². The Morgan fingerprint density at radius 2 is 1.64 bits per heavy atom. The molecule has 1 aliphatic rings. The fourth-order valence-corrected chi connectivity index (χ4v) is 2.99. The Bertz CT molecular complexity index is 804. The van der Waals surface area contributed by atoms with E-state index in [1.54, 1.807) is 12.1 Å². The van der Waals surface area contributed by atoms with Gasteiger partial charge >= 0.3 is 6.36 Å². The Labute approximate surface area is 159 Å². The van der Waals surface area contributed by atoms with Crippen LogP contribution in [0, 0.1) is 5.82 Å². The number of para-hydroxylation sites is 2. The predicted octanol–water partition coefficient (Wildman–Crippen LogP) is 3.49. The first-order valence-corrected chi connectivity index (χ1v) is 8.68. The first kappa shape index (κ1) is 19.9. The van der Waals surface area contributed by atoms with Crippen molar-refractivity contribution in [1.82, 2.24) is 4.90 Å². The molecule has 150 valence electrons. The number of nitrogens with zero attached hydrogens (tertiary/aromatic N) is 2. The number of benzene rings is 2. The van der Waals surface area contributed by atoms with E-state index in [2.05, 4.69) is 15.0 Å². The number of ether oxygens (including phenoxy) is 1. The Kier molecular flexibility index (Phi) is 6.03. The van der Waals surface area contributed by atoms with Gasteiger partial charge in [0.25, 0.3) is 0 Å². The number of halogens is 4. The average Bonchev–Trinajstić information content (AvgIpc) is 2.63. The second-order valence-corrected chi connectivity index (χ2v) is 6.33. The molecule has 0 atom stereocenters. The number of hydrogen-bond donors (Lipinski definition) is 1. The first-order chi connectivity index (χ1) is 13.3. The minimum Gasteiger partial charge on any atom is -0.404 e. The van der Waals surface area contributed by atoms with Gasteiger partial charge in [-0.25, -0.2) is 4.39 Å². The number of carbonyl (C=O) groups is 1. The Hall–Kier alpha value is -2.81. The highest BCUT2D eigenvalue weighted by molar-refractivity contribution is 5.93. The molecule has 1 aliphatic heterocycles. The number of nitrogens with one attached hydrogen (secondary N) is 1. The van der Waals surface area contributed by atoms with Gasteiger partial charge in [0.15, 0.2) is 5.75 Å². The number of amides is 1. The second-order valence-electron chi connectivity index (χ2n) is 6.33. The van der Waals surface area contributed by atoms with E-state index in [9.17, 15) is 22.4 Å². The zero-order valence-corrected chi connectivity index (χ0v) is 14.9. The van der Waals surface area contributed by atoms with Gasteiger partial charge in [-0.1, -0.05) is 12.1 Å². The topological polar surface area (TPSA) is 44.8 Å². The summed E-state index contributed by atoms with van der Waals surface area (Å²) >= 11 is 0. The maximum atomic E-state index is 13.0. The van der Waals surface area contributed by atoms with Crippen molar-refractivity contribution in [3.63, 3.8) is 0 Å². The lowest BCUT2D eigenvalue weighted by Gasteiger charge is -2.35. The van der Waals surface area contributed by atoms with Crippen LogP contribution in [0.5, 0.6) is 5.75 Å².